The fourth-order valence-electron chi connectivity index (χ4n) is 2.56. The molecule has 1 saturated heterocycles. The molecule has 0 bridgehead atoms. The fourth-order valence-corrected chi connectivity index (χ4v) is 2.69. The first-order valence-corrected chi connectivity index (χ1v) is 7.29. The maximum absolute atomic E-state index is 5.92. The number of benzene rings is 1. The number of nitrogens with two attached hydrogens (primary N) is 1. The minimum absolute atomic E-state index is 0.254. The summed E-state index contributed by atoms with van der Waals surface area (Å²) in [6.45, 7) is 3.78. The van der Waals surface area contributed by atoms with Crippen molar-refractivity contribution in [2.75, 3.05) is 20.1 Å². The Kier molecular flexibility index (Phi) is 5.22. The van der Waals surface area contributed by atoms with Gasteiger partial charge in [-0.2, -0.15) is 0 Å². The van der Waals surface area contributed by atoms with E-state index in [1.165, 1.54) is 5.56 Å². The lowest BCUT2D eigenvalue weighted by Gasteiger charge is -2.27. The molecule has 1 fully saturated rings. The van der Waals surface area contributed by atoms with Crippen LogP contribution in [0.2, 0.25) is 5.02 Å². The van der Waals surface area contributed by atoms with Crippen molar-refractivity contribution in [1.29, 1.82) is 0 Å². The summed E-state index contributed by atoms with van der Waals surface area (Å²) >= 11 is 5.92. The summed E-state index contributed by atoms with van der Waals surface area (Å²) in [7, 11) is 2.14. The smallest absolute Gasteiger partial charge is 0.0707 e. The normalized spacial score (nSPS) is 24.9. The Balaban J connectivity index is 1.89. The lowest BCUT2D eigenvalue weighted by molar-refractivity contribution is 0.0254. The van der Waals surface area contributed by atoms with E-state index in [1.54, 1.807) is 0 Å². The Bertz CT molecular complexity index is 396. The molecule has 1 aliphatic rings. The molecule has 19 heavy (non-hydrogen) atoms. The van der Waals surface area contributed by atoms with Crippen molar-refractivity contribution in [2.45, 2.75) is 38.0 Å². The highest BCUT2D eigenvalue weighted by Crippen LogP contribution is 2.24. The van der Waals surface area contributed by atoms with E-state index in [0.717, 1.165) is 24.4 Å². The van der Waals surface area contributed by atoms with Crippen molar-refractivity contribution < 1.29 is 4.74 Å². The van der Waals surface area contributed by atoms with Gasteiger partial charge in [0.2, 0.25) is 0 Å². The quantitative estimate of drug-likeness (QED) is 0.902. The van der Waals surface area contributed by atoms with Crippen molar-refractivity contribution in [3.05, 3.63) is 34.9 Å². The van der Waals surface area contributed by atoms with Crippen LogP contribution in [0.5, 0.6) is 0 Å². The van der Waals surface area contributed by atoms with Crippen LogP contribution in [0.1, 0.15) is 31.4 Å². The maximum Gasteiger partial charge on any atom is 0.0707 e. The van der Waals surface area contributed by atoms with Crippen molar-refractivity contribution in [3.63, 3.8) is 0 Å². The van der Waals surface area contributed by atoms with Gasteiger partial charge in [-0.3, -0.25) is 4.90 Å². The van der Waals surface area contributed by atoms with E-state index in [0.29, 0.717) is 18.7 Å². The number of rotatable bonds is 5. The van der Waals surface area contributed by atoms with Gasteiger partial charge in [0.05, 0.1) is 12.2 Å². The highest BCUT2D eigenvalue weighted by atomic mass is 35.5. The van der Waals surface area contributed by atoms with Gasteiger partial charge in [0.1, 0.15) is 0 Å². The summed E-state index contributed by atoms with van der Waals surface area (Å²) in [5, 5.41) is 0.781. The molecule has 0 aliphatic carbocycles. The van der Waals surface area contributed by atoms with Gasteiger partial charge in [0, 0.05) is 24.2 Å². The van der Waals surface area contributed by atoms with Crippen LogP contribution in [0.3, 0.4) is 0 Å². The first kappa shape index (κ1) is 14.8. The number of nitrogens with zero attached hydrogens (tertiary/aromatic N) is 1. The maximum atomic E-state index is 5.92. The number of halogens is 1. The second kappa shape index (κ2) is 6.71. The monoisotopic (exact) mass is 282 g/mol. The minimum Gasteiger partial charge on any atom is -0.372 e. The molecule has 1 aliphatic heterocycles. The van der Waals surface area contributed by atoms with Crippen molar-refractivity contribution in [3.8, 4) is 0 Å². The lowest BCUT2D eigenvalue weighted by atomic mass is 10.1. The average Bonchev–Trinajstić information content (AvgIpc) is 2.86. The van der Waals surface area contributed by atoms with E-state index < -0.39 is 0 Å². The van der Waals surface area contributed by atoms with Gasteiger partial charge in [-0.05, 0) is 44.5 Å². The summed E-state index contributed by atoms with van der Waals surface area (Å²) < 4.78 is 5.90. The summed E-state index contributed by atoms with van der Waals surface area (Å²) in [5.41, 5.74) is 6.92. The van der Waals surface area contributed by atoms with Crippen LogP contribution in [0, 0.1) is 0 Å². The largest absolute Gasteiger partial charge is 0.372 e. The van der Waals surface area contributed by atoms with E-state index in [4.69, 9.17) is 22.1 Å². The fraction of sp³-hybridized carbons (Fsp3) is 0.600. The molecule has 1 heterocycles. The van der Waals surface area contributed by atoms with E-state index in [2.05, 4.69) is 31.0 Å². The molecule has 2 rings (SSSR count). The highest BCUT2D eigenvalue weighted by molar-refractivity contribution is 6.30. The molecule has 3 nitrogen and oxygen atoms in total. The molecule has 0 spiro atoms. The predicted molar refractivity (Wildman–Crippen MR) is 79.4 cm³/mol. The van der Waals surface area contributed by atoms with Crippen molar-refractivity contribution in [1.82, 2.24) is 4.90 Å². The number of hydrogen-bond donors (Lipinski definition) is 1. The molecule has 4 heteroatoms. The first-order valence-electron chi connectivity index (χ1n) is 6.91. The molecule has 0 aromatic heterocycles. The summed E-state index contributed by atoms with van der Waals surface area (Å²) in [6.07, 6.45) is 2.77. The standard InChI is InChI=1S/C15H23ClN2O/c1-11(12-3-5-13(16)6-4-12)18(2)10-15-8-7-14(9-17)19-15/h3-6,11,14-15H,7-10,17H2,1-2H3. The van der Waals surface area contributed by atoms with E-state index in [-0.39, 0.29) is 6.10 Å². The van der Waals surface area contributed by atoms with Crippen LogP contribution < -0.4 is 5.73 Å². The molecule has 0 amide bonds. The molecular formula is C15H23ClN2O. The SMILES string of the molecule is CC(c1ccc(Cl)cc1)N(C)CC1CCC(CN)O1. The third-order valence-electron chi connectivity index (χ3n) is 3.96. The predicted octanol–water partition coefficient (Wildman–Crippen LogP) is 2.84. The van der Waals surface area contributed by atoms with Crippen LogP contribution >= 0.6 is 11.6 Å². The second-order valence-electron chi connectivity index (χ2n) is 5.36. The topological polar surface area (TPSA) is 38.5 Å². The van der Waals surface area contributed by atoms with Crippen LogP contribution in [0.25, 0.3) is 0 Å². The lowest BCUT2D eigenvalue weighted by Crippen LogP contribution is -2.32. The minimum atomic E-state index is 0.254. The van der Waals surface area contributed by atoms with Crippen LogP contribution in [-0.2, 0) is 4.74 Å². The number of likely N-dealkylation sites (N-methyl/N-ethyl adjacent to an activating group) is 1. The van der Waals surface area contributed by atoms with Gasteiger partial charge >= 0.3 is 0 Å². The van der Waals surface area contributed by atoms with Gasteiger partial charge in [-0.1, -0.05) is 23.7 Å². The average molecular weight is 283 g/mol. The number of hydrogen-bond acceptors (Lipinski definition) is 3. The van der Waals surface area contributed by atoms with Crippen molar-refractivity contribution >= 4 is 11.6 Å². The van der Waals surface area contributed by atoms with Gasteiger partial charge in [0.25, 0.3) is 0 Å². The Morgan fingerprint density at radius 3 is 2.53 bits per heavy atom. The van der Waals surface area contributed by atoms with E-state index >= 15 is 0 Å². The molecule has 106 valence electrons. The molecule has 1 aromatic carbocycles. The van der Waals surface area contributed by atoms with Gasteiger partial charge in [0.15, 0.2) is 0 Å². The van der Waals surface area contributed by atoms with E-state index in [9.17, 15) is 0 Å². The summed E-state index contributed by atoms with van der Waals surface area (Å²) in [4.78, 5) is 2.33. The molecule has 1 aromatic rings. The summed E-state index contributed by atoms with van der Waals surface area (Å²) in [6, 6.07) is 8.41. The van der Waals surface area contributed by atoms with Crippen LogP contribution in [0.15, 0.2) is 24.3 Å². The molecule has 0 radical (unpaired) electrons. The zero-order chi connectivity index (χ0) is 13.8. The van der Waals surface area contributed by atoms with Gasteiger partial charge in [-0.15, -0.1) is 0 Å². The summed E-state index contributed by atoms with van der Waals surface area (Å²) in [5.74, 6) is 0. The number of ether oxygens (including phenoxy) is 1. The molecule has 2 N–H and O–H groups in total. The Hall–Kier alpha value is -0.610. The zero-order valence-electron chi connectivity index (χ0n) is 11.7. The second-order valence-corrected chi connectivity index (χ2v) is 5.80. The molecule has 0 saturated carbocycles. The third kappa shape index (κ3) is 3.93. The first-order chi connectivity index (χ1) is 9.10. The van der Waals surface area contributed by atoms with Gasteiger partial charge < -0.3 is 10.5 Å². The van der Waals surface area contributed by atoms with Crippen LogP contribution in [0.4, 0.5) is 0 Å². The van der Waals surface area contributed by atoms with Gasteiger partial charge in [-0.25, -0.2) is 0 Å². The zero-order valence-corrected chi connectivity index (χ0v) is 12.4. The van der Waals surface area contributed by atoms with E-state index in [1.807, 2.05) is 12.1 Å². The molecular weight excluding hydrogens is 260 g/mol. The third-order valence-corrected chi connectivity index (χ3v) is 4.22. The van der Waals surface area contributed by atoms with Crippen LogP contribution in [-0.4, -0.2) is 37.2 Å². The Morgan fingerprint density at radius 1 is 1.32 bits per heavy atom. The van der Waals surface area contributed by atoms with Crippen molar-refractivity contribution in [2.24, 2.45) is 5.73 Å². The highest BCUT2D eigenvalue weighted by Gasteiger charge is 2.26. The molecule has 3 unspecified atom stereocenters. The molecule has 3 atom stereocenters. The Morgan fingerprint density at radius 2 is 1.95 bits per heavy atom. The Labute approximate surface area is 120 Å².